The van der Waals surface area contributed by atoms with Gasteiger partial charge in [0.25, 0.3) is 0 Å². The van der Waals surface area contributed by atoms with E-state index in [1.807, 2.05) is 0 Å². The fraction of sp³-hybridized carbons (Fsp3) is 0.300. The third kappa shape index (κ3) is 1.56. The molecule has 1 unspecified atom stereocenters. The summed E-state index contributed by atoms with van der Waals surface area (Å²) in [5.41, 5.74) is 1.42. The number of rotatable bonds is 2. The highest BCUT2D eigenvalue weighted by molar-refractivity contribution is 5.70. The zero-order valence-corrected chi connectivity index (χ0v) is 7.43. The van der Waals surface area contributed by atoms with E-state index in [4.69, 9.17) is 9.84 Å². The molecular formula is C10H10O4. The van der Waals surface area contributed by atoms with Crippen LogP contribution in [0.15, 0.2) is 18.2 Å². The Morgan fingerprint density at radius 3 is 3.07 bits per heavy atom. The van der Waals surface area contributed by atoms with Crippen molar-refractivity contribution in [2.45, 2.75) is 12.5 Å². The number of aliphatic hydroxyl groups is 1. The van der Waals surface area contributed by atoms with Crippen molar-refractivity contribution in [3.63, 3.8) is 0 Å². The van der Waals surface area contributed by atoms with Crippen molar-refractivity contribution in [2.75, 3.05) is 6.61 Å². The number of carboxylic acid groups (broad SMARTS) is 1. The molecule has 1 atom stereocenters. The standard InChI is InChI=1S/C10H10O4/c11-8-5-14-9-3-6(4-10(12)13)1-2-7(8)9/h1-3,8,11H,4-5H2,(H,12,13). The molecule has 0 saturated carbocycles. The topological polar surface area (TPSA) is 66.8 Å². The van der Waals surface area contributed by atoms with E-state index in [0.29, 0.717) is 11.3 Å². The number of carboxylic acids is 1. The molecule has 2 rings (SSSR count). The molecule has 0 aliphatic carbocycles. The second-order valence-corrected chi connectivity index (χ2v) is 3.27. The Morgan fingerprint density at radius 2 is 2.36 bits per heavy atom. The molecule has 0 amide bonds. The van der Waals surface area contributed by atoms with E-state index in [-0.39, 0.29) is 13.0 Å². The van der Waals surface area contributed by atoms with E-state index in [1.54, 1.807) is 18.2 Å². The molecule has 1 aliphatic heterocycles. The van der Waals surface area contributed by atoms with Gasteiger partial charge in [-0.1, -0.05) is 12.1 Å². The van der Waals surface area contributed by atoms with E-state index in [2.05, 4.69) is 0 Å². The first kappa shape index (κ1) is 9.02. The molecule has 4 nitrogen and oxygen atoms in total. The zero-order chi connectivity index (χ0) is 10.1. The van der Waals surface area contributed by atoms with Crippen LogP contribution in [0.25, 0.3) is 0 Å². The van der Waals surface area contributed by atoms with Crippen LogP contribution in [0, 0.1) is 0 Å². The van der Waals surface area contributed by atoms with Crippen LogP contribution in [0.1, 0.15) is 17.2 Å². The average Bonchev–Trinajstić information content (AvgIpc) is 2.46. The largest absolute Gasteiger partial charge is 0.490 e. The van der Waals surface area contributed by atoms with Crippen molar-refractivity contribution in [1.29, 1.82) is 0 Å². The Hall–Kier alpha value is -1.55. The lowest BCUT2D eigenvalue weighted by Crippen LogP contribution is -2.00. The van der Waals surface area contributed by atoms with Gasteiger partial charge in [0.05, 0.1) is 6.42 Å². The number of hydrogen-bond acceptors (Lipinski definition) is 3. The molecule has 0 radical (unpaired) electrons. The van der Waals surface area contributed by atoms with Crippen LogP contribution in [0.4, 0.5) is 0 Å². The Kier molecular flexibility index (Phi) is 2.13. The first-order valence-corrected chi connectivity index (χ1v) is 4.32. The monoisotopic (exact) mass is 194 g/mol. The summed E-state index contributed by atoms with van der Waals surface area (Å²) in [5, 5.41) is 18.0. The van der Waals surface area contributed by atoms with E-state index >= 15 is 0 Å². The number of carbonyl (C=O) groups is 1. The molecule has 1 aliphatic rings. The maximum absolute atomic E-state index is 10.4. The van der Waals surface area contributed by atoms with Crippen molar-refractivity contribution in [1.82, 2.24) is 0 Å². The van der Waals surface area contributed by atoms with Crippen LogP contribution in [-0.4, -0.2) is 22.8 Å². The summed E-state index contributed by atoms with van der Waals surface area (Å²) >= 11 is 0. The van der Waals surface area contributed by atoms with Crippen molar-refractivity contribution in [3.05, 3.63) is 29.3 Å². The highest BCUT2D eigenvalue weighted by atomic mass is 16.5. The van der Waals surface area contributed by atoms with Gasteiger partial charge >= 0.3 is 5.97 Å². The predicted molar refractivity (Wildman–Crippen MR) is 48.2 cm³/mol. The third-order valence-electron chi connectivity index (χ3n) is 2.19. The number of hydrogen-bond donors (Lipinski definition) is 2. The molecule has 1 aromatic carbocycles. The van der Waals surface area contributed by atoms with E-state index in [0.717, 1.165) is 5.56 Å². The minimum atomic E-state index is -0.872. The highest BCUT2D eigenvalue weighted by Crippen LogP contribution is 2.32. The van der Waals surface area contributed by atoms with Gasteiger partial charge in [0.2, 0.25) is 0 Å². The van der Waals surface area contributed by atoms with Crippen LogP contribution in [0.3, 0.4) is 0 Å². The van der Waals surface area contributed by atoms with Gasteiger partial charge in [0, 0.05) is 5.56 Å². The molecule has 1 aromatic rings. The van der Waals surface area contributed by atoms with Crippen LogP contribution < -0.4 is 4.74 Å². The lowest BCUT2D eigenvalue weighted by Gasteiger charge is -2.02. The summed E-state index contributed by atoms with van der Waals surface area (Å²) in [7, 11) is 0. The van der Waals surface area contributed by atoms with Gasteiger partial charge in [0.1, 0.15) is 18.5 Å². The normalized spacial score (nSPS) is 18.8. The van der Waals surface area contributed by atoms with Gasteiger partial charge in [-0.2, -0.15) is 0 Å². The summed E-state index contributed by atoms with van der Waals surface area (Å²) in [6, 6.07) is 5.08. The van der Waals surface area contributed by atoms with Crippen LogP contribution in [-0.2, 0) is 11.2 Å². The third-order valence-corrected chi connectivity index (χ3v) is 2.19. The smallest absolute Gasteiger partial charge is 0.307 e. The SMILES string of the molecule is O=C(O)Cc1ccc2c(c1)OCC2O. The van der Waals surface area contributed by atoms with Gasteiger partial charge in [-0.05, 0) is 11.6 Å². The van der Waals surface area contributed by atoms with Gasteiger partial charge in [-0.25, -0.2) is 0 Å². The Bertz CT molecular complexity index is 372. The molecule has 14 heavy (non-hydrogen) atoms. The molecule has 74 valence electrons. The summed E-state index contributed by atoms with van der Waals surface area (Å²) in [4.78, 5) is 10.4. The van der Waals surface area contributed by atoms with Crippen LogP contribution >= 0.6 is 0 Å². The summed E-state index contributed by atoms with van der Waals surface area (Å²) in [5.74, 6) is -0.278. The zero-order valence-electron chi connectivity index (χ0n) is 7.43. The molecule has 0 bridgehead atoms. The quantitative estimate of drug-likeness (QED) is 0.728. The number of aliphatic carboxylic acids is 1. The minimum Gasteiger partial charge on any atom is -0.490 e. The number of fused-ring (bicyclic) bond motifs is 1. The molecule has 0 spiro atoms. The molecule has 0 aromatic heterocycles. The molecule has 1 heterocycles. The second-order valence-electron chi connectivity index (χ2n) is 3.27. The van der Waals surface area contributed by atoms with E-state index < -0.39 is 12.1 Å². The van der Waals surface area contributed by atoms with Gasteiger partial charge in [-0.3, -0.25) is 4.79 Å². The predicted octanol–water partition coefficient (Wildman–Crippen LogP) is 0.740. The van der Waals surface area contributed by atoms with Crippen molar-refractivity contribution < 1.29 is 19.7 Å². The number of ether oxygens (including phenoxy) is 1. The first-order valence-electron chi connectivity index (χ1n) is 4.32. The Balaban J connectivity index is 2.28. The van der Waals surface area contributed by atoms with E-state index in [1.165, 1.54) is 0 Å². The second kappa shape index (κ2) is 3.31. The number of benzene rings is 1. The molecule has 4 heteroatoms. The maximum atomic E-state index is 10.4. The highest BCUT2D eigenvalue weighted by Gasteiger charge is 2.21. The van der Waals surface area contributed by atoms with Crippen molar-refractivity contribution in [3.8, 4) is 5.75 Å². The molecular weight excluding hydrogens is 184 g/mol. The van der Waals surface area contributed by atoms with E-state index in [9.17, 15) is 9.90 Å². The lowest BCUT2D eigenvalue weighted by molar-refractivity contribution is -0.136. The molecule has 2 N–H and O–H groups in total. The Labute approximate surface area is 80.7 Å². The maximum Gasteiger partial charge on any atom is 0.307 e. The fourth-order valence-corrected chi connectivity index (χ4v) is 1.52. The van der Waals surface area contributed by atoms with Crippen molar-refractivity contribution in [2.24, 2.45) is 0 Å². The Morgan fingerprint density at radius 1 is 1.57 bits per heavy atom. The summed E-state index contributed by atoms with van der Waals surface area (Å²) < 4.78 is 5.19. The fourth-order valence-electron chi connectivity index (χ4n) is 1.52. The van der Waals surface area contributed by atoms with Gasteiger partial charge in [-0.15, -0.1) is 0 Å². The molecule has 0 saturated heterocycles. The number of aliphatic hydroxyl groups excluding tert-OH is 1. The van der Waals surface area contributed by atoms with Crippen LogP contribution in [0.2, 0.25) is 0 Å². The van der Waals surface area contributed by atoms with Crippen LogP contribution in [0.5, 0.6) is 5.75 Å². The van der Waals surface area contributed by atoms with Crippen molar-refractivity contribution >= 4 is 5.97 Å². The minimum absolute atomic E-state index is 0.0211. The first-order chi connectivity index (χ1) is 6.66. The lowest BCUT2D eigenvalue weighted by atomic mass is 10.1. The average molecular weight is 194 g/mol. The summed E-state index contributed by atoms with van der Waals surface area (Å²) in [6.07, 6.45) is -0.601. The summed E-state index contributed by atoms with van der Waals surface area (Å²) in [6.45, 7) is 0.256. The van der Waals surface area contributed by atoms with Gasteiger partial charge < -0.3 is 14.9 Å². The molecule has 0 fully saturated rings. The van der Waals surface area contributed by atoms with Gasteiger partial charge in [0.15, 0.2) is 0 Å².